The summed E-state index contributed by atoms with van der Waals surface area (Å²) in [5.41, 5.74) is 12.0. The summed E-state index contributed by atoms with van der Waals surface area (Å²) in [6, 6.07) is 11.7. The van der Waals surface area contributed by atoms with Gasteiger partial charge in [-0.2, -0.15) is 0 Å². The minimum atomic E-state index is -0.924. The number of benzene rings is 2. The van der Waals surface area contributed by atoms with Crippen molar-refractivity contribution in [2.24, 2.45) is 5.73 Å². The third kappa shape index (κ3) is 5.82. The van der Waals surface area contributed by atoms with Crippen LogP contribution in [0.1, 0.15) is 65.6 Å². The van der Waals surface area contributed by atoms with Crippen LogP contribution < -0.4 is 16.0 Å². The number of halogens is 1. The molecule has 222 valence electrons. The molecule has 1 amide bonds. The first kappa shape index (κ1) is 29.5. The van der Waals surface area contributed by atoms with E-state index in [9.17, 15) is 14.4 Å². The molecule has 2 fully saturated rings. The molecule has 0 spiro atoms. The largest absolute Gasteiger partial charge is 0.462 e. The average Bonchev–Trinajstić information content (AvgIpc) is 3.66. The van der Waals surface area contributed by atoms with E-state index < -0.39 is 24.1 Å². The van der Waals surface area contributed by atoms with Gasteiger partial charge in [0.25, 0.3) is 0 Å². The van der Waals surface area contributed by atoms with Gasteiger partial charge in [0.2, 0.25) is 0 Å². The van der Waals surface area contributed by atoms with Gasteiger partial charge in [0, 0.05) is 41.6 Å². The Bertz CT molecular complexity index is 1510. The number of amides is 1. The van der Waals surface area contributed by atoms with E-state index in [0.29, 0.717) is 48.1 Å². The van der Waals surface area contributed by atoms with Crippen LogP contribution in [0, 0.1) is 19.7 Å². The van der Waals surface area contributed by atoms with Crippen LogP contribution in [-0.4, -0.2) is 47.7 Å². The van der Waals surface area contributed by atoms with Gasteiger partial charge in [-0.15, -0.1) is 0 Å². The molecule has 3 aromatic rings. The minimum Gasteiger partial charge on any atom is -0.462 e. The molecule has 1 saturated carbocycles. The van der Waals surface area contributed by atoms with Crippen molar-refractivity contribution in [1.82, 2.24) is 9.88 Å². The maximum absolute atomic E-state index is 15.2. The second-order valence-electron chi connectivity index (χ2n) is 11.0. The molecule has 9 nitrogen and oxygen atoms in total. The van der Waals surface area contributed by atoms with Crippen LogP contribution in [-0.2, 0) is 27.4 Å². The molecule has 0 radical (unpaired) electrons. The number of rotatable bonds is 11. The lowest BCUT2D eigenvalue weighted by Gasteiger charge is -2.16. The Morgan fingerprint density at radius 2 is 1.83 bits per heavy atom. The number of ether oxygens (including phenoxy) is 2. The topological polar surface area (TPSA) is 116 Å². The number of aromatic nitrogens is 1. The summed E-state index contributed by atoms with van der Waals surface area (Å²) < 4.78 is 28.0. The van der Waals surface area contributed by atoms with Crippen molar-refractivity contribution < 1.29 is 28.2 Å². The number of hydrogen-bond donors (Lipinski definition) is 2. The molecule has 3 N–H and O–H groups in total. The molecule has 2 aliphatic rings. The molecule has 1 aliphatic carbocycles. The normalized spacial score (nSPS) is 17.3. The van der Waals surface area contributed by atoms with Gasteiger partial charge in [0.15, 0.2) is 0 Å². The second kappa shape index (κ2) is 12.1. The zero-order valence-electron chi connectivity index (χ0n) is 24.4. The Balaban J connectivity index is 1.24. The van der Waals surface area contributed by atoms with Gasteiger partial charge in [-0.05, 0) is 69.9 Å². The molecule has 1 aliphatic heterocycles. The van der Waals surface area contributed by atoms with Crippen molar-refractivity contribution in [3.05, 3.63) is 76.4 Å². The molecule has 1 unspecified atom stereocenters. The van der Waals surface area contributed by atoms with Gasteiger partial charge in [0.05, 0.1) is 24.4 Å². The number of nitrogens with zero attached hydrogens (tertiary/aromatic N) is 2. The van der Waals surface area contributed by atoms with Crippen LogP contribution in [0.5, 0.6) is 0 Å². The number of carbonyl (C=O) groups excluding carboxylic acids is 3. The maximum atomic E-state index is 15.2. The van der Waals surface area contributed by atoms with Gasteiger partial charge in [-0.3, -0.25) is 9.69 Å². The maximum Gasteiger partial charge on any atom is 0.414 e. The molecule has 1 saturated heterocycles. The van der Waals surface area contributed by atoms with Crippen LogP contribution in [0.3, 0.4) is 0 Å². The first-order valence-corrected chi connectivity index (χ1v) is 14.3. The van der Waals surface area contributed by atoms with Crippen LogP contribution >= 0.6 is 0 Å². The molecule has 5 rings (SSSR count). The number of esters is 1. The second-order valence-corrected chi connectivity index (χ2v) is 11.0. The summed E-state index contributed by atoms with van der Waals surface area (Å²) in [4.78, 5) is 38.0. The Morgan fingerprint density at radius 3 is 2.45 bits per heavy atom. The quantitative estimate of drug-likeness (QED) is 0.310. The highest BCUT2D eigenvalue weighted by Crippen LogP contribution is 2.40. The molecular weight excluding hydrogens is 539 g/mol. The Labute approximate surface area is 244 Å². The Morgan fingerprint density at radius 1 is 1.12 bits per heavy atom. The van der Waals surface area contributed by atoms with E-state index in [1.807, 2.05) is 38.1 Å². The molecule has 2 aromatic carbocycles. The predicted octanol–water partition coefficient (Wildman–Crippen LogP) is 4.95. The van der Waals surface area contributed by atoms with Crippen LogP contribution in [0.4, 0.5) is 14.9 Å². The van der Waals surface area contributed by atoms with Gasteiger partial charge < -0.3 is 25.1 Å². The summed E-state index contributed by atoms with van der Waals surface area (Å²) in [7, 11) is 0. The lowest BCUT2D eigenvalue weighted by molar-refractivity contribution is -0.120. The third-order valence-corrected chi connectivity index (χ3v) is 8.08. The lowest BCUT2D eigenvalue weighted by Crippen LogP contribution is -2.43. The predicted molar refractivity (Wildman–Crippen MR) is 157 cm³/mol. The molecule has 1 aromatic heterocycles. The fourth-order valence-electron chi connectivity index (χ4n) is 5.67. The minimum absolute atomic E-state index is 0.0751. The highest BCUT2D eigenvalue weighted by Gasteiger charge is 2.38. The number of carbonyl (C=O) groups is 3. The SMILES string of the molecule is CCOC(=O)c1c(CNCc2ccc(-c3ccc(N4CC([C@H](N)C(C)=O)OC4=O)cc3F)cc2)c(C)n(C2CC2)c1C. The Hall–Kier alpha value is -4.02. The van der Waals surface area contributed by atoms with E-state index in [2.05, 4.69) is 16.8 Å². The molecule has 42 heavy (non-hydrogen) atoms. The zero-order valence-corrected chi connectivity index (χ0v) is 24.4. The number of Topliss-reactive ketones (excluding diaryl/α,β-unsaturated/α-hetero) is 1. The fourth-order valence-corrected chi connectivity index (χ4v) is 5.67. The van der Waals surface area contributed by atoms with E-state index in [0.717, 1.165) is 35.4 Å². The highest BCUT2D eigenvalue weighted by molar-refractivity contribution is 5.93. The number of cyclic esters (lactones) is 1. The monoisotopic (exact) mass is 576 g/mol. The summed E-state index contributed by atoms with van der Waals surface area (Å²) in [5.74, 6) is -1.05. The number of anilines is 1. The van der Waals surface area contributed by atoms with E-state index >= 15 is 4.39 Å². The van der Waals surface area contributed by atoms with Crippen molar-refractivity contribution >= 4 is 23.5 Å². The highest BCUT2D eigenvalue weighted by atomic mass is 19.1. The summed E-state index contributed by atoms with van der Waals surface area (Å²) in [6.07, 6.45) is 0.816. The number of hydrogen-bond acceptors (Lipinski definition) is 7. The molecule has 0 bridgehead atoms. The first-order valence-electron chi connectivity index (χ1n) is 14.3. The van der Waals surface area contributed by atoms with E-state index in [1.165, 1.54) is 17.9 Å². The molecule has 2 heterocycles. The van der Waals surface area contributed by atoms with Gasteiger partial charge in [-0.25, -0.2) is 14.0 Å². The van der Waals surface area contributed by atoms with Crippen molar-refractivity contribution in [1.29, 1.82) is 0 Å². The van der Waals surface area contributed by atoms with Crippen molar-refractivity contribution in [2.45, 2.75) is 71.8 Å². The molecular formula is C32H37FN4O5. The fraction of sp³-hybridized carbons (Fsp3) is 0.406. The van der Waals surface area contributed by atoms with Crippen LogP contribution in [0.15, 0.2) is 42.5 Å². The van der Waals surface area contributed by atoms with E-state index in [4.69, 9.17) is 15.2 Å². The number of ketones is 1. The smallest absolute Gasteiger partial charge is 0.414 e. The van der Waals surface area contributed by atoms with Crippen molar-refractivity contribution in [3.63, 3.8) is 0 Å². The zero-order chi connectivity index (χ0) is 30.1. The Kier molecular flexibility index (Phi) is 8.47. The molecule has 10 heteroatoms. The third-order valence-electron chi connectivity index (χ3n) is 8.08. The van der Waals surface area contributed by atoms with Gasteiger partial charge >= 0.3 is 12.1 Å². The average molecular weight is 577 g/mol. The van der Waals surface area contributed by atoms with Gasteiger partial charge in [0.1, 0.15) is 23.7 Å². The summed E-state index contributed by atoms with van der Waals surface area (Å²) >= 11 is 0. The molecule has 2 atom stereocenters. The van der Waals surface area contributed by atoms with Crippen LogP contribution in [0.25, 0.3) is 11.1 Å². The number of nitrogens with one attached hydrogen (secondary N) is 1. The van der Waals surface area contributed by atoms with E-state index in [1.54, 1.807) is 12.1 Å². The summed E-state index contributed by atoms with van der Waals surface area (Å²) in [6.45, 7) is 8.70. The van der Waals surface area contributed by atoms with Crippen molar-refractivity contribution in [2.75, 3.05) is 18.1 Å². The van der Waals surface area contributed by atoms with E-state index in [-0.39, 0.29) is 18.3 Å². The number of nitrogens with two attached hydrogens (primary N) is 1. The van der Waals surface area contributed by atoms with Crippen LogP contribution in [0.2, 0.25) is 0 Å². The first-order chi connectivity index (χ1) is 20.1. The van der Waals surface area contributed by atoms with Gasteiger partial charge in [-0.1, -0.05) is 24.3 Å². The lowest BCUT2D eigenvalue weighted by atomic mass is 10.0. The van der Waals surface area contributed by atoms with Crippen molar-refractivity contribution in [3.8, 4) is 11.1 Å². The standard InChI is InChI=1S/C32H37FN4O5/c1-5-41-31(39)29-19(3)37(23-10-11-23)18(2)26(29)16-35-15-21-6-8-22(9-7-21)25-13-12-24(14-27(25)33)36-17-28(42-32(36)40)30(34)20(4)38/h6-9,12-14,23,28,30,35H,5,10-11,15-17,34H2,1-4H3/t28?,30-/m1/s1. The summed E-state index contributed by atoms with van der Waals surface area (Å²) in [5, 5.41) is 3.45.